The highest BCUT2D eigenvalue weighted by Gasteiger charge is 2.34. The van der Waals surface area contributed by atoms with Crippen molar-refractivity contribution in [3.8, 4) is 23.0 Å². The van der Waals surface area contributed by atoms with Crippen molar-refractivity contribution in [2.24, 2.45) is 0 Å². The first kappa shape index (κ1) is 41.5. The largest absolute Gasteiger partial charge is 0.493 e. The smallest absolute Gasteiger partial charge is 0.306 e. The zero-order valence-corrected chi connectivity index (χ0v) is 32.3. The van der Waals surface area contributed by atoms with Gasteiger partial charge in [0.15, 0.2) is 40.4 Å². The van der Waals surface area contributed by atoms with Gasteiger partial charge in [0.2, 0.25) is 11.8 Å². The van der Waals surface area contributed by atoms with E-state index in [1.165, 1.54) is 36.2 Å². The predicted molar refractivity (Wildman–Crippen MR) is 199 cm³/mol. The Bertz CT molecular complexity index is 2190. The van der Waals surface area contributed by atoms with Crippen molar-refractivity contribution in [2.45, 2.75) is 57.7 Å². The lowest BCUT2D eigenvalue weighted by Gasteiger charge is -2.20. The number of ketones is 1. The van der Waals surface area contributed by atoms with Gasteiger partial charge in [-0.2, -0.15) is 0 Å². The number of methoxy groups -OCH3 is 2. The number of carboxylic acids is 1. The number of rotatable bonds is 18. The highest BCUT2D eigenvalue weighted by molar-refractivity contribution is 7.20. The van der Waals surface area contributed by atoms with Gasteiger partial charge in [0, 0.05) is 79.2 Å². The number of aliphatic carboxylic acids is 1. The number of carbonyl (C=O) groups excluding carboxylic acids is 6. The maximum Gasteiger partial charge on any atom is 0.306 e. The first-order valence-electron chi connectivity index (χ1n) is 18.2. The van der Waals surface area contributed by atoms with Crippen molar-refractivity contribution in [1.29, 1.82) is 0 Å². The Hall–Kier alpha value is -6.11. The van der Waals surface area contributed by atoms with Crippen molar-refractivity contribution in [1.82, 2.24) is 14.7 Å². The summed E-state index contributed by atoms with van der Waals surface area (Å²) in [6, 6.07) is 4.46. The van der Waals surface area contributed by atoms with E-state index in [1.54, 1.807) is 6.07 Å². The maximum atomic E-state index is 15.8. The molecule has 16 nitrogen and oxygen atoms in total. The van der Waals surface area contributed by atoms with Gasteiger partial charge >= 0.3 is 11.9 Å². The fourth-order valence-corrected chi connectivity index (χ4v) is 7.74. The molecule has 0 bridgehead atoms. The standard InChI is InChI=1S/C39H39F2N3O13S/c1-53-26-14-21-17-43(30(46)7-8-34(50)51)19-24(21)37(41)38(26)55-12-3-13-56-39-27(54-2)16-28-23(36(39)40)15-29(58-28)25(45)4-9-35(52)57-22-10-11-42(18-22)33(49)20-44-31(47)5-6-32(44)48/h5-6,14-16,22H,3-4,7-13,17-20H2,1-2H3,(H,50,51)/t22-/m0/s1. The second-order valence-corrected chi connectivity index (χ2v) is 14.6. The van der Waals surface area contributed by atoms with E-state index in [0.29, 0.717) is 16.7 Å². The molecule has 0 saturated carbocycles. The van der Waals surface area contributed by atoms with Crippen LogP contribution in [-0.4, -0.2) is 114 Å². The second-order valence-electron chi connectivity index (χ2n) is 13.6. The van der Waals surface area contributed by atoms with Gasteiger partial charge in [-0.3, -0.25) is 38.5 Å². The summed E-state index contributed by atoms with van der Waals surface area (Å²) in [6.07, 6.45) is 1.08. The van der Waals surface area contributed by atoms with Crippen LogP contribution < -0.4 is 18.9 Å². The molecule has 0 radical (unpaired) electrons. The lowest BCUT2D eigenvalue weighted by atomic mass is 10.1. The Labute approximate surface area is 333 Å². The molecule has 0 spiro atoms. The Balaban J connectivity index is 0.986. The molecule has 0 aliphatic carbocycles. The minimum absolute atomic E-state index is 0.0490. The molecule has 1 N–H and O–H groups in total. The molecule has 58 heavy (non-hydrogen) atoms. The molecular weight excluding hydrogens is 788 g/mol. The Morgan fingerprint density at radius 3 is 2.17 bits per heavy atom. The summed E-state index contributed by atoms with van der Waals surface area (Å²) in [5.41, 5.74) is 0.756. The summed E-state index contributed by atoms with van der Waals surface area (Å²) < 4.78 is 59.4. The van der Waals surface area contributed by atoms with Crippen LogP contribution in [0.3, 0.4) is 0 Å². The van der Waals surface area contributed by atoms with Crippen LogP contribution in [0.25, 0.3) is 10.1 Å². The number of carbonyl (C=O) groups is 7. The van der Waals surface area contributed by atoms with Crippen LogP contribution in [-0.2, 0) is 46.6 Å². The van der Waals surface area contributed by atoms with Crippen molar-refractivity contribution >= 4 is 62.8 Å². The van der Waals surface area contributed by atoms with E-state index < -0.39 is 65.6 Å². The molecule has 6 rings (SSSR count). The quantitative estimate of drug-likeness (QED) is 0.0843. The molecule has 4 heterocycles. The van der Waals surface area contributed by atoms with E-state index in [9.17, 15) is 33.6 Å². The van der Waals surface area contributed by atoms with E-state index in [-0.39, 0.29) is 110 Å². The maximum absolute atomic E-state index is 15.8. The van der Waals surface area contributed by atoms with Crippen LogP contribution in [0, 0.1) is 11.6 Å². The predicted octanol–water partition coefficient (Wildman–Crippen LogP) is 3.78. The van der Waals surface area contributed by atoms with E-state index in [4.69, 9.17) is 28.8 Å². The number of likely N-dealkylation sites (tertiary alicyclic amines) is 1. The molecule has 2 aromatic carbocycles. The van der Waals surface area contributed by atoms with E-state index in [0.717, 1.165) is 28.4 Å². The fourth-order valence-electron chi connectivity index (χ4n) is 6.68. The number of benzene rings is 2. The number of carboxylic acid groups (broad SMARTS) is 1. The molecule has 4 amide bonds. The third-order valence-corrected chi connectivity index (χ3v) is 10.8. The normalized spacial score (nSPS) is 15.9. The van der Waals surface area contributed by atoms with Gasteiger partial charge in [0.25, 0.3) is 11.8 Å². The number of ether oxygens (including phenoxy) is 5. The monoisotopic (exact) mass is 827 g/mol. The SMILES string of the molecule is COc1cc2c(c(F)c1OCCCOc1c(OC)cc3sc(C(=O)CCC(=O)O[C@H]4CCN(C(=O)CN5C(=O)C=CC5=O)C4)cc3c1F)CN(C(=O)CCC(=O)O)C2. The molecule has 3 aromatic rings. The zero-order valence-electron chi connectivity index (χ0n) is 31.5. The van der Waals surface area contributed by atoms with Crippen molar-refractivity contribution < 1.29 is 71.1 Å². The molecule has 1 atom stereocenters. The third-order valence-electron chi connectivity index (χ3n) is 9.72. The summed E-state index contributed by atoms with van der Waals surface area (Å²) >= 11 is 1.02. The number of hydrogen-bond acceptors (Lipinski definition) is 13. The molecule has 1 saturated heterocycles. The number of amides is 4. The second kappa shape index (κ2) is 18.0. The van der Waals surface area contributed by atoms with E-state index >= 15 is 8.78 Å². The highest BCUT2D eigenvalue weighted by Crippen LogP contribution is 2.41. The van der Waals surface area contributed by atoms with Crippen LogP contribution in [0.2, 0.25) is 0 Å². The number of halogens is 2. The molecule has 3 aliphatic rings. The average Bonchev–Trinajstić information content (AvgIpc) is 4.01. The Kier molecular flexibility index (Phi) is 12.9. The number of thiophene rings is 1. The summed E-state index contributed by atoms with van der Waals surface area (Å²) in [5, 5.41) is 8.99. The summed E-state index contributed by atoms with van der Waals surface area (Å²) in [5.74, 6) is -5.87. The number of imide groups is 1. The minimum atomic E-state index is -1.11. The third kappa shape index (κ3) is 9.19. The summed E-state index contributed by atoms with van der Waals surface area (Å²) in [7, 11) is 2.67. The molecule has 19 heteroatoms. The average molecular weight is 828 g/mol. The molecule has 308 valence electrons. The summed E-state index contributed by atoms with van der Waals surface area (Å²) in [4.78, 5) is 88.8. The van der Waals surface area contributed by atoms with Crippen molar-refractivity contribution in [3.63, 3.8) is 0 Å². The fraction of sp³-hybridized carbons (Fsp3) is 0.410. The van der Waals surface area contributed by atoms with Gasteiger partial charge in [0.05, 0.1) is 51.7 Å². The Morgan fingerprint density at radius 2 is 1.50 bits per heavy atom. The summed E-state index contributed by atoms with van der Waals surface area (Å²) in [6.45, 7) is -0.133. The van der Waals surface area contributed by atoms with Crippen LogP contribution in [0.5, 0.6) is 23.0 Å². The number of esters is 1. The molecule has 1 aromatic heterocycles. The molecule has 1 fully saturated rings. The molecular formula is C39H39F2N3O13S. The number of Topliss-reactive ketones (excluding diaryl/α,β-unsaturated/α-hetero) is 1. The van der Waals surface area contributed by atoms with Gasteiger partial charge in [-0.05, 0) is 17.7 Å². The van der Waals surface area contributed by atoms with Crippen LogP contribution in [0.1, 0.15) is 59.3 Å². The van der Waals surface area contributed by atoms with Gasteiger partial charge < -0.3 is 38.6 Å². The van der Waals surface area contributed by atoms with Gasteiger partial charge in [-0.1, -0.05) is 0 Å². The van der Waals surface area contributed by atoms with Crippen LogP contribution >= 0.6 is 11.3 Å². The zero-order chi connectivity index (χ0) is 41.7. The van der Waals surface area contributed by atoms with Gasteiger partial charge in [-0.25, -0.2) is 8.78 Å². The first-order chi connectivity index (χ1) is 27.8. The topological polar surface area (TPSA) is 196 Å². The number of nitrogens with zero attached hydrogens (tertiary/aromatic N) is 3. The number of fused-ring (bicyclic) bond motifs is 2. The molecule has 0 unspecified atom stereocenters. The minimum Gasteiger partial charge on any atom is -0.493 e. The lowest BCUT2D eigenvalue weighted by molar-refractivity contribution is -0.149. The lowest BCUT2D eigenvalue weighted by Crippen LogP contribution is -2.42. The van der Waals surface area contributed by atoms with Crippen LogP contribution in [0.15, 0.2) is 30.4 Å². The Morgan fingerprint density at radius 1 is 0.828 bits per heavy atom. The first-order valence-corrected chi connectivity index (χ1v) is 19.1. The number of hydrogen-bond donors (Lipinski definition) is 1. The van der Waals surface area contributed by atoms with Gasteiger partial charge in [-0.15, -0.1) is 11.3 Å². The van der Waals surface area contributed by atoms with E-state index in [2.05, 4.69) is 0 Å². The van der Waals surface area contributed by atoms with Crippen molar-refractivity contribution in [2.75, 3.05) is 47.1 Å². The highest BCUT2D eigenvalue weighted by atomic mass is 32.1. The van der Waals surface area contributed by atoms with Crippen LogP contribution in [0.4, 0.5) is 8.78 Å². The van der Waals surface area contributed by atoms with Crippen molar-refractivity contribution in [3.05, 3.63) is 58.0 Å². The van der Waals surface area contributed by atoms with Gasteiger partial charge in [0.1, 0.15) is 12.6 Å². The van der Waals surface area contributed by atoms with E-state index in [1.807, 2.05) is 0 Å². The molecule has 3 aliphatic heterocycles.